The van der Waals surface area contributed by atoms with Crippen molar-refractivity contribution in [1.82, 2.24) is 0 Å². The lowest BCUT2D eigenvalue weighted by atomic mass is 10.1. The summed E-state index contributed by atoms with van der Waals surface area (Å²) in [6.45, 7) is 2.38. The first-order chi connectivity index (χ1) is 14.9. The highest BCUT2D eigenvalue weighted by Gasteiger charge is 2.17. The third kappa shape index (κ3) is 5.49. The molecule has 0 fully saturated rings. The maximum absolute atomic E-state index is 12.5. The molecule has 0 saturated heterocycles. The minimum atomic E-state index is -0.549. The predicted molar refractivity (Wildman–Crippen MR) is 115 cm³/mol. The summed E-state index contributed by atoms with van der Waals surface area (Å²) in [6, 6.07) is 13.3. The molecule has 2 aromatic carbocycles. The summed E-state index contributed by atoms with van der Waals surface area (Å²) >= 11 is 6.10. The van der Waals surface area contributed by atoms with Crippen LogP contribution in [0.25, 0.3) is 11.3 Å². The number of benzene rings is 2. The number of unbranched alkanes of at least 4 members (excludes halogenated alkanes) is 1. The van der Waals surface area contributed by atoms with Gasteiger partial charge in [0.15, 0.2) is 5.76 Å². The fraction of sp³-hybridized carbons (Fsp3) is 0.182. The van der Waals surface area contributed by atoms with Crippen LogP contribution in [-0.4, -0.2) is 23.4 Å². The molecule has 0 atom stereocenters. The third-order valence-electron chi connectivity index (χ3n) is 4.37. The van der Waals surface area contributed by atoms with Gasteiger partial charge in [-0.15, -0.1) is 0 Å². The summed E-state index contributed by atoms with van der Waals surface area (Å²) in [5.41, 5.74) is 1.15. The highest BCUT2D eigenvalue weighted by molar-refractivity contribution is 6.33. The quantitative estimate of drug-likeness (QED) is 0.207. The summed E-state index contributed by atoms with van der Waals surface area (Å²) in [6.07, 6.45) is 1.74. The fourth-order valence-corrected chi connectivity index (χ4v) is 2.96. The monoisotopic (exact) mass is 442 g/mol. The van der Waals surface area contributed by atoms with Gasteiger partial charge in [0, 0.05) is 23.4 Å². The second-order valence-electron chi connectivity index (χ2n) is 6.61. The van der Waals surface area contributed by atoms with Crippen molar-refractivity contribution in [2.24, 2.45) is 0 Å². The van der Waals surface area contributed by atoms with Gasteiger partial charge in [0.1, 0.15) is 5.76 Å². The summed E-state index contributed by atoms with van der Waals surface area (Å²) in [4.78, 5) is 34.7. The van der Waals surface area contributed by atoms with E-state index in [-0.39, 0.29) is 16.5 Å². The minimum Gasteiger partial charge on any atom is -0.462 e. The molecule has 0 bridgehead atoms. The van der Waals surface area contributed by atoms with E-state index in [2.05, 4.69) is 5.32 Å². The molecule has 0 spiro atoms. The second kappa shape index (κ2) is 9.90. The minimum absolute atomic E-state index is 0.0347. The number of ether oxygens (including phenoxy) is 1. The Morgan fingerprint density at radius 1 is 1.13 bits per heavy atom. The predicted octanol–water partition coefficient (Wildman–Crippen LogP) is 5.72. The maximum atomic E-state index is 12.5. The first kappa shape index (κ1) is 22.0. The van der Waals surface area contributed by atoms with E-state index in [9.17, 15) is 19.7 Å². The van der Waals surface area contributed by atoms with Gasteiger partial charge in [-0.05, 0) is 48.9 Å². The first-order valence-corrected chi connectivity index (χ1v) is 9.89. The van der Waals surface area contributed by atoms with Gasteiger partial charge in [-0.3, -0.25) is 14.9 Å². The zero-order valence-corrected chi connectivity index (χ0v) is 17.3. The molecule has 3 rings (SSSR count). The largest absolute Gasteiger partial charge is 0.462 e. The highest BCUT2D eigenvalue weighted by Crippen LogP contribution is 2.32. The highest BCUT2D eigenvalue weighted by atomic mass is 35.5. The van der Waals surface area contributed by atoms with E-state index < -0.39 is 16.8 Å². The molecule has 0 aliphatic carbocycles. The van der Waals surface area contributed by atoms with Crippen molar-refractivity contribution in [1.29, 1.82) is 0 Å². The van der Waals surface area contributed by atoms with Crippen LogP contribution in [0.15, 0.2) is 59.0 Å². The van der Waals surface area contributed by atoms with E-state index >= 15 is 0 Å². The Labute approximate surface area is 182 Å². The van der Waals surface area contributed by atoms with Crippen LogP contribution in [0.3, 0.4) is 0 Å². The number of anilines is 1. The number of rotatable bonds is 8. The number of carbonyl (C=O) groups is 2. The molecule has 0 aliphatic rings. The number of non-ortho nitro benzene ring substituents is 1. The number of carbonyl (C=O) groups excluding carboxylic acids is 2. The molecule has 1 amide bonds. The van der Waals surface area contributed by atoms with Crippen LogP contribution in [-0.2, 0) is 4.74 Å². The standard InChI is InChI=1S/C22H19ClN2O6/c1-2-3-12-30-22(27)14-4-6-15(7-5-14)24-21(26)20-11-10-19(31-20)17-9-8-16(25(28)29)13-18(17)23/h4-11,13H,2-3,12H2,1H3,(H,24,26). The Hall–Kier alpha value is -3.65. The van der Waals surface area contributed by atoms with Gasteiger partial charge in [-0.25, -0.2) is 4.79 Å². The molecule has 0 aliphatic heterocycles. The number of esters is 1. The molecule has 1 N–H and O–H groups in total. The van der Waals surface area contributed by atoms with Gasteiger partial charge in [0.2, 0.25) is 0 Å². The van der Waals surface area contributed by atoms with Crippen molar-refractivity contribution in [3.8, 4) is 11.3 Å². The molecule has 31 heavy (non-hydrogen) atoms. The number of hydrogen-bond acceptors (Lipinski definition) is 6. The molecule has 3 aromatic rings. The van der Waals surface area contributed by atoms with Crippen LogP contribution in [0.2, 0.25) is 5.02 Å². The zero-order chi connectivity index (χ0) is 22.4. The van der Waals surface area contributed by atoms with Crippen LogP contribution in [0.5, 0.6) is 0 Å². The number of nitro benzene ring substituents is 1. The van der Waals surface area contributed by atoms with Crippen molar-refractivity contribution in [3.05, 3.63) is 81.1 Å². The lowest BCUT2D eigenvalue weighted by Gasteiger charge is -2.06. The summed E-state index contributed by atoms with van der Waals surface area (Å²) in [7, 11) is 0. The van der Waals surface area contributed by atoms with E-state index in [1.807, 2.05) is 6.92 Å². The van der Waals surface area contributed by atoms with E-state index in [4.69, 9.17) is 20.8 Å². The van der Waals surface area contributed by atoms with E-state index in [0.717, 1.165) is 12.8 Å². The Morgan fingerprint density at radius 3 is 2.52 bits per heavy atom. The molecule has 1 heterocycles. The van der Waals surface area contributed by atoms with Crippen molar-refractivity contribution in [2.75, 3.05) is 11.9 Å². The number of nitro groups is 1. The van der Waals surface area contributed by atoms with E-state index in [1.165, 1.54) is 24.3 Å². The van der Waals surface area contributed by atoms with Gasteiger partial charge >= 0.3 is 5.97 Å². The van der Waals surface area contributed by atoms with Gasteiger partial charge in [0.25, 0.3) is 11.6 Å². The van der Waals surface area contributed by atoms with Gasteiger partial charge < -0.3 is 14.5 Å². The Kier molecular flexibility index (Phi) is 7.04. The second-order valence-corrected chi connectivity index (χ2v) is 7.01. The van der Waals surface area contributed by atoms with Gasteiger partial charge in [-0.2, -0.15) is 0 Å². The number of nitrogens with one attached hydrogen (secondary N) is 1. The maximum Gasteiger partial charge on any atom is 0.338 e. The molecular weight excluding hydrogens is 424 g/mol. The van der Waals surface area contributed by atoms with Crippen LogP contribution in [0.4, 0.5) is 11.4 Å². The normalized spacial score (nSPS) is 10.5. The Bertz CT molecular complexity index is 1110. The van der Waals surface area contributed by atoms with Crippen molar-refractivity contribution in [3.63, 3.8) is 0 Å². The van der Waals surface area contributed by atoms with Gasteiger partial charge in [0.05, 0.1) is 22.1 Å². The molecule has 9 heteroatoms. The van der Waals surface area contributed by atoms with Crippen molar-refractivity contribution in [2.45, 2.75) is 19.8 Å². The molecule has 160 valence electrons. The number of nitrogens with zero attached hydrogens (tertiary/aromatic N) is 1. The SMILES string of the molecule is CCCCOC(=O)c1ccc(NC(=O)c2ccc(-c3ccc([N+](=O)[O-])cc3Cl)o2)cc1. The summed E-state index contributed by atoms with van der Waals surface area (Å²) < 4.78 is 10.7. The molecular formula is C22H19ClN2O6. The summed E-state index contributed by atoms with van der Waals surface area (Å²) in [5.74, 6) is -0.577. The molecule has 0 saturated carbocycles. The number of hydrogen-bond donors (Lipinski definition) is 1. The van der Waals surface area contributed by atoms with Crippen LogP contribution in [0, 0.1) is 10.1 Å². The molecule has 8 nitrogen and oxygen atoms in total. The molecule has 0 unspecified atom stereocenters. The topological polar surface area (TPSA) is 112 Å². The van der Waals surface area contributed by atoms with E-state index in [0.29, 0.717) is 29.2 Å². The fourth-order valence-electron chi connectivity index (χ4n) is 2.70. The van der Waals surface area contributed by atoms with Crippen LogP contribution >= 0.6 is 11.6 Å². The summed E-state index contributed by atoms with van der Waals surface area (Å²) in [5, 5.41) is 13.6. The lowest BCUT2D eigenvalue weighted by molar-refractivity contribution is -0.384. The first-order valence-electron chi connectivity index (χ1n) is 9.51. The third-order valence-corrected chi connectivity index (χ3v) is 4.68. The Morgan fingerprint density at radius 2 is 1.87 bits per heavy atom. The van der Waals surface area contributed by atoms with Gasteiger partial charge in [-0.1, -0.05) is 24.9 Å². The van der Waals surface area contributed by atoms with E-state index in [1.54, 1.807) is 30.3 Å². The van der Waals surface area contributed by atoms with Crippen molar-refractivity contribution < 1.29 is 23.7 Å². The van der Waals surface area contributed by atoms with Crippen LogP contribution in [0.1, 0.15) is 40.7 Å². The zero-order valence-electron chi connectivity index (χ0n) is 16.6. The van der Waals surface area contributed by atoms with Crippen LogP contribution < -0.4 is 5.32 Å². The number of furan rings is 1. The smallest absolute Gasteiger partial charge is 0.338 e. The molecule has 1 aromatic heterocycles. The Balaban J connectivity index is 1.66. The molecule has 0 radical (unpaired) electrons. The average Bonchev–Trinajstić information content (AvgIpc) is 3.24. The average molecular weight is 443 g/mol. The lowest BCUT2D eigenvalue weighted by Crippen LogP contribution is -2.11. The number of amides is 1. The van der Waals surface area contributed by atoms with Crippen molar-refractivity contribution >= 4 is 34.9 Å². The number of halogens is 1.